The van der Waals surface area contributed by atoms with Crippen molar-refractivity contribution in [1.82, 2.24) is 25.0 Å². The van der Waals surface area contributed by atoms with E-state index in [4.69, 9.17) is 5.11 Å². The molecular weight excluding hydrogens is 272 g/mol. The van der Waals surface area contributed by atoms with E-state index in [2.05, 4.69) is 25.6 Å². The van der Waals surface area contributed by atoms with E-state index in [1.807, 2.05) is 24.4 Å². The maximum Gasteiger partial charge on any atom is 0.323 e. The molecule has 110 valence electrons. The fourth-order valence-corrected chi connectivity index (χ4v) is 2.10. The van der Waals surface area contributed by atoms with Gasteiger partial charge in [0.05, 0.1) is 23.8 Å². The van der Waals surface area contributed by atoms with Crippen LogP contribution in [0.15, 0.2) is 29.2 Å². The maximum absolute atomic E-state index is 11.2. The topological polar surface area (TPSA) is 112 Å². The number of hydrogen-bond acceptors (Lipinski definition) is 5. The van der Waals surface area contributed by atoms with Gasteiger partial charge in [-0.1, -0.05) is 5.21 Å². The number of H-pyrrole nitrogens is 2. The number of aromatic amines is 2. The number of benzene rings is 1. The molecule has 0 bridgehead atoms. The molecule has 0 aliphatic rings. The van der Waals surface area contributed by atoms with Gasteiger partial charge in [-0.2, -0.15) is 0 Å². The number of aryl methyl sites for hydroxylation is 1. The van der Waals surface area contributed by atoms with Gasteiger partial charge in [0.1, 0.15) is 5.69 Å². The number of nitrogens with one attached hydrogen (secondary N) is 3. The molecule has 0 amide bonds. The zero-order chi connectivity index (χ0) is 14.7. The molecule has 8 nitrogen and oxygen atoms in total. The van der Waals surface area contributed by atoms with E-state index in [0.29, 0.717) is 19.5 Å². The number of nitrogens with zero attached hydrogens (tertiary/aromatic N) is 3. The molecule has 4 N–H and O–H groups in total. The van der Waals surface area contributed by atoms with Gasteiger partial charge in [-0.25, -0.2) is 4.79 Å². The Bertz CT molecular complexity index is 787. The van der Waals surface area contributed by atoms with Crippen LogP contribution in [0.2, 0.25) is 0 Å². The van der Waals surface area contributed by atoms with Crippen LogP contribution in [0.3, 0.4) is 0 Å². The summed E-state index contributed by atoms with van der Waals surface area (Å²) in [5.74, 6) is 0. The number of fused-ring (bicyclic) bond motifs is 1. The first-order valence-corrected chi connectivity index (χ1v) is 6.70. The molecule has 8 heteroatoms. The lowest BCUT2D eigenvalue weighted by Gasteiger charge is -2.03. The van der Waals surface area contributed by atoms with Crippen LogP contribution in [0.5, 0.6) is 0 Å². The summed E-state index contributed by atoms with van der Waals surface area (Å²) in [6, 6.07) is 5.60. The number of hydrogen-bond donors (Lipinski definition) is 4. The highest BCUT2D eigenvalue weighted by molar-refractivity contribution is 5.78. The van der Waals surface area contributed by atoms with Gasteiger partial charge in [0.15, 0.2) is 0 Å². The Kier molecular flexibility index (Phi) is 3.69. The lowest BCUT2D eigenvalue weighted by molar-refractivity contribution is 0.276. The summed E-state index contributed by atoms with van der Waals surface area (Å²) in [4.78, 5) is 16.6. The summed E-state index contributed by atoms with van der Waals surface area (Å²) in [5, 5.41) is 20.0. The van der Waals surface area contributed by atoms with E-state index in [0.717, 1.165) is 22.4 Å². The van der Waals surface area contributed by atoms with Crippen LogP contribution < -0.4 is 11.0 Å². The second kappa shape index (κ2) is 5.80. The highest BCUT2D eigenvalue weighted by Crippen LogP contribution is 2.15. The Morgan fingerprint density at radius 1 is 1.29 bits per heavy atom. The molecule has 2 heterocycles. The molecule has 0 saturated carbocycles. The van der Waals surface area contributed by atoms with Gasteiger partial charge in [-0.05, 0) is 24.6 Å². The number of imidazole rings is 1. The van der Waals surface area contributed by atoms with Crippen LogP contribution >= 0.6 is 0 Å². The van der Waals surface area contributed by atoms with Crippen molar-refractivity contribution < 1.29 is 5.11 Å². The third kappa shape index (κ3) is 3.11. The highest BCUT2D eigenvalue weighted by atomic mass is 16.3. The molecule has 3 rings (SSSR count). The van der Waals surface area contributed by atoms with Crippen LogP contribution in [0.25, 0.3) is 11.0 Å². The van der Waals surface area contributed by atoms with E-state index in [1.54, 1.807) is 4.68 Å². The third-order valence-electron chi connectivity index (χ3n) is 3.12. The van der Waals surface area contributed by atoms with Crippen LogP contribution in [0.4, 0.5) is 5.69 Å². The quantitative estimate of drug-likeness (QED) is 0.526. The summed E-state index contributed by atoms with van der Waals surface area (Å²) in [5.41, 5.74) is 3.03. The monoisotopic (exact) mass is 288 g/mol. The van der Waals surface area contributed by atoms with Crippen molar-refractivity contribution in [1.29, 1.82) is 0 Å². The minimum absolute atomic E-state index is 0.141. The first kappa shape index (κ1) is 13.4. The fraction of sp³-hybridized carbons (Fsp3) is 0.308. The van der Waals surface area contributed by atoms with Gasteiger partial charge in [0, 0.05) is 18.8 Å². The number of aliphatic hydroxyl groups is 1. The molecule has 0 saturated heterocycles. The summed E-state index contributed by atoms with van der Waals surface area (Å²) in [7, 11) is 0. The molecule has 0 spiro atoms. The summed E-state index contributed by atoms with van der Waals surface area (Å²) < 4.78 is 1.71. The summed E-state index contributed by atoms with van der Waals surface area (Å²) >= 11 is 0. The molecule has 2 aromatic heterocycles. The van der Waals surface area contributed by atoms with Crippen molar-refractivity contribution >= 4 is 16.7 Å². The lowest BCUT2D eigenvalue weighted by Crippen LogP contribution is -2.01. The second-order valence-electron chi connectivity index (χ2n) is 4.74. The highest BCUT2D eigenvalue weighted by Gasteiger charge is 2.03. The molecule has 0 unspecified atom stereocenters. The third-order valence-corrected chi connectivity index (χ3v) is 3.12. The van der Waals surface area contributed by atoms with Gasteiger partial charge in [-0.15, -0.1) is 5.10 Å². The van der Waals surface area contributed by atoms with Crippen molar-refractivity contribution in [3.05, 3.63) is 40.6 Å². The first-order chi connectivity index (χ1) is 10.2. The van der Waals surface area contributed by atoms with Crippen LogP contribution in [0.1, 0.15) is 12.1 Å². The predicted octanol–water partition coefficient (Wildman–Crippen LogP) is 0.442. The smallest absolute Gasteiger partial charge is 0.323 e. The van der Waals surface area contributed by atoms with E-state index in [1.165, 1.54) is 0 Å². The van der Waals surface area contributed by atoms with Crippen molar-refractivity contribution in [2.24, 2.45) is 0 Å². The van der Waals surface area contributed by atoms with Gasteiger partial charge in [0.25, 0.3) is 0 Å². The van der Waals surface area contributed by atoms with Gasteiger partial charge >= 0.3 is 5.69 Å². The van der Waals surface area contributed by atoms with E-state index in [9.17, 15) is 4.79 Å². The standard InChI is InChI=1S/C13H16N6O2/c20-5-1-4-19-8-10(17-18-19)7-14-9-2-3-11-12(6-9)16-13(21)15-11/h2-3,6,8,14,20H,1,4-5,7H2,(H2,15,16,21). The normalized spacial score (nSPS) is 11.1. The molecule has 0 aliphatic carbocycles. The molecule has 1 aromatic carbocycles. The van der Waals surface area contributed by atoms with Crippen molar-refractivity contribution in [3.8, 4) is 0 Å². The molecule has 0 fully saturated rings. The molecule has 0 radical (unpaired) electrons. The van der Waals surface area contributed by atoms with Gasteiger partial charge in [-0.3, -0.25) is 4.68 Å². The van der Waals surface area contributed by atoms with Crippen LogP contribution in [0, 0.1) is 0 Å². The first-order valence-electron chi connectivity index (χ1n) is 6.70. The average Bonchev–Trinajstić information content (AvgIpc) is 3.07. The zero-order valence-corrected chi connectivity index (χ0v) is 11.3. The SMILES string of the molecule is O=c1[nH]c2ccc(NCc3cn(CCCO)nn3)cc2[nH]1. The largest absolute Gasteiger partial charge is 0.396 e. The minimum atomic E-state index is -0.214. The van der Waals surface area contributed by atoms with E-state index in [-0.39, 0.29) is 12.3 Å². The van der Waals surface area contributed by atoms with Crippen LogP contribution in [-0.2, 0) is 13.1 Å². The Morgan fingerprint density at radius 2 is 2.14 bits per heavy atom. The van der Waals surface area contributed by atoms with Crippen molar-refractivity contribution in [2.45, 2.75) is 19.5 Å². The summed E-state index contributed by atoms with van der Waals surface area (Å²) in [6.07, 6.45) is 2.51. The molecule has 0 atom stereocenters. The van der Waals surface area contributed by atoms with E-state index < -0.39 is 0 Å². The Labute approximate surface area is 119 Å². The molecule has 21 heavy (non-hydrogen) atoms. The zero-order valence-electron chi connectivity index (χ0n) is 11.3. The summed E-state index contributed by atoms with van der Waals surface area (Å²) in [6.45, 7) is 1.33. The Morgan fingerprint density at radius 3 is 3.00 bits per heavy atom. The number of aromatic nitrogens is 5. The van der Waals surface area contributed by atoms with Crippen molar-refractivity contribution in [2.75, 3.05) is 11.9 Å². The molecule has 0 aliphatic heterocycles. The number of anilines is 1. The lowest BCUT2D eigenvalue weighted by atomic mass is 10.2. The molecule has 3 aromatic rings. The Balaban J connectivity index is 1.65. The number of rotatable bonds is 6. The number of aliphatic hydroxyl groups excluding tert-OH is 1. The maximum atomic E-state index is 11.2. The van der Waals surface area contributed by atoms with E-state index >= 15 is 0 Å². The minimum Gasteiger partial charge on any atom is -0.396 e. The van der Waals surface area contributed by atoms with Gasteiger partial charge in [0.2, 0.25) is 0 Å². The molecular formula is C13H16N6O2. The average molecular weight is 288 g/mol. The van der Waals surface area contributed by atoms with Crippen molar-refractivity contribution in [3.63, 3.8) is 0 Å². The Hall–Kier alpha value is -2.61. The fourth-order valence-electron chi connectivity index (χ4n) is 2.10. The predicted molar refractivity (Wildman–Crippen MR) is 78.0 cm³/mol. The van der Waals surface area contributed by atoms with Crippen LogP contribution in [-0.4, -0.2) is 36.7 Å². The second-order valence-corrected chi connectivity index (χ2v) is 4.74. The van der Waals surface area contributed by atoms with Gasteiger partial charge < -0.3 is 20.4 Å².